The van der Waals surface area contributed by atoms with Gasteiger partial charge in [-0.1, -0.05) is 0 Å². The molecule has 1 aliphatic carbocycles. The molecule has 1 aromatic rings. The summed E-state index contributed by atoms with van der Waals surface area (Å²) < 4.78 is 5.62. The summed E-state index contributed by atoms with van der Waals surface area (Å²) in [5.74, 6) is -2.90. The molecule has 1 heterocycles. The van der Waals surface area contributed by atoms with E-state index in [9.17, 15) is 30.3 Å². The number of phenols is 2. The smallest absolute Gasteiger partial charge is 0.195 e. The number of carbonyl (C=O) groups excluding carboxylic acids is 1. The molecule has 7 nitrogen and oxygen atoms in total. The summed E-state index contributed by atoms with van der Waals surface area (Å²) in [5, 5.41) is 47.8. The summed E-state index contributed by atoms with van der Waals surface area (Å²) in [4.78, 5) is 12.2. The van der Waals surface area contributed by atoms with Crippen molar-refractivity contribution >= 4 is 5.78 Å². The minimum absolute atomic E-state index is 0.000622. The number of benzene rings is 1. The van der Waals surface area contributed by atoms with E-state index in [1.807, 2.05) is 0 Å². The van der Waals surface area contributed by atoms with Crippen molar-refractivity contribution < 1.29 is 35.1 Å². The van der Waals surface area contributed by atoms with Crippen LogP contribution in [-0.4, -0.2) is 37.4 Å². The van der Waals surface area contributed by atoms with E-state index in [-0.39, 0.29) is 47.2 Å². The Morgan fingerprint density at radius 3 is 2.45 bits per heavy atom. The molecule has 0 amide bonds. The lowest BCUT2D eigenvalue weighted by Crippen LogP contribution is -2.34. The summed E-state index contributed by atoms with van der Waals surface area (Å²) in [5.41, 5.74) is 0.000622. The van der Waals surface area contributed by atoms with Crippen LogP contribution in [0.3, 0.4) is 0 Å². The molecule has 1 unspecified atom stereocenters. The van der Waals surface area contributed by atoms with E-state index in [0.717, 1.165) is 6.07 Å². The van der Waals surface area contributed by atoms with Crippen LogP contribution in [-0.2, 0) is 0 Å². The van der Waals surface area contributed by atoms with E-state index >= 15 is 0 Å². The first-order valence-corrected chi connectivity index (χ1v) is 6.65. The van der Waals surface area contributed by atoms with Crippen LogP contribution in [0.2, 0.25) is 0 Å². The summed E-state index contributed by atoms with van der Waals surface area (Å²) in [6.45, 7) is 0. The van der Waals surface area contributed by atoms with Gasteiger partial charge in [0, 0.05) is 30.9 Å². The third-order valence-electron chi connectivity index (χ3n) is 3.80. The SMILES string of the molecule is O=C1C[C@@H](C2C=C(O)C(O)=C(O)C2)Oc2cc(O)cc(O)c21. The lowest BCUT2D eigenvalue weighted by Gasteiger charge is -2.31. The monoisotopic (exact) mass is 306 g/mol. The van der Waals surface area contributed by atoms with Crippen LogP contribution in [0.25, 0.3) is 0 Å². The maximum atomic E-state index is 12.2. The number of hydrogen-bond donors (Lipinski definition) is 5. The van der Waals surface area contributed by atoms with Crippen molar-refractivity contribution in [3.05, 3.63) is 41.0 Å². The Bertz CT molecular complexity index is 717. The summed E-state index contributed by atoms with van der Waals surface area (Å²) >= 11 is 0. The molecular formula is C15H14O7. The zero-order valence-electron chi connectivity index (χ0n) is 11.4. The number of allylic oxidation sites excluding steroid dienone is 1. The van der Waals surface area contributed by atoms with Gasteiger partial charge in [0.2, 0.25) is 0 Å². The van der Waals surface area contributed by atoms with E-state index < -0.39 is 23.5 Å². The number of ketones is 1. The van der Waals surface area contributed by atoms with E-state index in [4.69, 9.17) is 4.74 Å². The zero-order valence-corrected chi connectivity index (χ0v) is 11.4. The number of phenolic OH excluding ortho intramolecular Hbond substituents is 2. The zero-order chi connectivity index (χ0) is 16.0. The Morgan fingerprint density at radius 2 is 1.77 bits per heavy atom. The third kappa shape index (κ3) is 2.20. The Balaban J connectivity index is 1.92. The summed E-state index contributed by atoms with van der Waals surface area (Å²) in [6, 6.07) is 2.28. The molecule has 0 saturated heterocycles. The second-order valence-electron chi connectivity index (χ2n) is 5.34. The highest BCUT2D eigenvalue weighted by molar-refractivity contribution is 6.02. The van der Waals surface area contributed by atoms with Crippen molar-refractivity contribution in [2.24, 2.45) is 5.92 Å². The highest BCUT2D eigenvalue weighted by Gasteiger charge is 2.36. The van der Waals surface area contributed by atoms with Crippen molar-refractivity contribution in [1.82, 2.24) is 0 Å². The average Bonchev–Trinajstić information content (AvgIpc) is 2.42. The third-order valence-corrected chi connectivity index (χ3v) is 3.80. The van der Waals surface area contributed by atoms with Gasteiger partial charge in [-0.3, -0.25) is 4.79 Å². The largest absolute Gasteiger partial charge is 0.508 e. The first-order chi connectivity index (χ1) is 10.4. The van der Waals surface area contributed by atoms with Gasteiger partial charge < -0.3 is 30.3 Å². The minimum Gasteiger partial charge on any atom is -0.508 e. The molecule has 2 atom stereocenters. The van der Waals surface area contributed by atoms with Crippen LogP contribution in [0.4, 0.5) is 0 Å². The standard InChI is InChI=1S/C15H14O7/c16-7-3-8(17)14-9(18)5-12(22-13(14)4-7)6-1-10(19)15(21)11(20)2-6/h1,3-4,6,12,16-17,19-21H,2,5H2/t6?,12-/m0/s1. The fourth-order valence-corrected chi connectivity index (χ4v) is 2.74. The number of aliphatic hydroxyl groups excluding tert-OH is 3. The summed E-state index contributed by atoms with van der Waals surface area (Å²) in [6.07, 6.45) is 0.557. The number of fused-ring (bicyclic) bond motifs is 1. The molecule has 0 radical (unpaired) electrons. The molecule has 22 heavy (non-hydrogen) atoms. The molecule has 116 valence electrons. The molecule has 0 fully saturated rings. The molecule has 0 spiro atoms. The van der Waals surface area contributed by atoms with E-state index in [1.54, 1.807) is 0 Å². The number of ether oxygens (including phenoxy) is 1. The Morgan fingerprint density at radius 1 is 1.05 bits per heavy atom. The van der Waals surface area contributed by atoms with Crippen molar-refractivity contribution in [2.75, 3.05) is 0 Å². The number of hydrogen-bond acceptors (Lipinski definition) is 7. The van der Waals surface area contributed by atoms with Gasteiger partial charge in [0.25, 0.3) is 0 Å². The Hall–Kier alpha value is -2.83. The van der Waals surface area contributed by atoms with Crippen LogP contribution in [0.5, 0.6) is 17.2 Å². The maximum absolute atomic E-state index is 12.2. The highest BCUT2D eigenvalue weighted by Crippen LogP contribution is 2.40. The Labute approximate surface area is 125 Å². The highest BCUT2D eigenvalue weighted by atomic mass is 16.5. The fourth-order valence-electron chi connectivity index (χ4n) is 2.74. The van der Waals surface area contributed by atoms with Gasteiger partial charge in [0.05, 0.1) is 0 Å². The van der Waals surface area contributed by atoms with Gasteiger partial charge >= 0.3 is 0 Å². The van der Waals surface area contributed by atoms with Crippen LogP contribution in [0, 0.1) is 5.92 Å². The number of carbonyl (C=O) groups is 1. The van der Waals surface area contributed by atoms with Crippen LogP contribution in [0.1, 0.15) is 23.2 Å². The van der Waals surface area contributed by atoms with Crippen LogP contribution < -0.4 is 4.74 Å². The average molecular weight is 306 g/mol. The molecule has 0 bridgehead atoms. The van der Waals surface area contributed by atoms with Crippen molar-refractivity contribution in [2.45, 2.75) is 18.9 Å². The number of Topliss-reactive ketones (excluding diaryl/α,β-unsaturated/α-hetero) is 1. The topological polar surface area (TPSA) is 127 Å². The lowest BCUT2D eigenvalue weighted by atomic mass is 9.86. The van der Waals surface area contributed by atoms with Gasteiger partial charge in [-0.15, -0.1) is 0 Å². The molecule has 0 aromatic heterocycles. The Kier molecular flexibility index (Phi) is 3.13. The molecule has 2 aliphatic rings. The van der Waals surface area contributed by atoms with Gasteiger partial charge in [-0.25, -0.2) is 0 Å². The van der Waals surface area contributed by atoms with Crippen molar-refractivity contribution in [3.63, 3.8) is 0 Å². The molecule has 1 aromatic carbocycles. The molecule has 5 N–H and O–H groups in total. The van der Waals surface area contributed by atoms with Crippen molar-refractivity contribution in [3.8, 4) is 17.2 Å². The molecule has 7 heteroatoms. The normalized spacial score (nSPS) is 24.5. The van der Waals surface area contributed by atoms with Crippen LogP contribution >= 0.6 is 0 Å². The van der Waals surface area contributed by atoms with E-state index in [2.05, 4.69) is 0 Å². The minimum atomic E-state index is -0.696. The molecule has 3 rings (SSSR count). The number of rotatable bonds is 1. The number of aliphatic hydroxyl groups is 3. The summed E-state index contributed by atoms with van der Waals surface area (Å²) in [7, 11) is 0. The van der Waals surface area contributed by atoms with E-state index in [1.165, 1.54) is 12.1 Å². The predicted molar refractivity (Wildman–Crippen MR) is 74.2 cm³/mol. The van der Waals surface area contributed by atoms with Gasteiger partial charge in [0.15, 0.2) is 17.3 Å². The fraction of sp³-hybridized carbons (Fsp3) is 0.267. The molecule has 1 aliphatic heterocycles. The number of aromatic hydroxyl groups is 2. The van der Waals surface area contributed by atoms with Crippen LogP contribution in [0.15, 0.2) is 35.5 Å². The predicted octanol–water partition coefficient (Wildman–Crippen LogP) is 2.22. The van der Waals surface area contributed by atoms with Crippen molar-refractivity contribution in [1.29, 1.82) is 0 Å². The van der Waals surface area contributed by atoms with E-state index in [0.29, 0.717) is 0 Å². The quantitative estimate of drug-likeness (QED) is 0.538. The first-order valence-electron chi connectivity index (χ1n) is 6.65. The van der Waals surface area contributed by atoms with Gasteiger partial charge in [0.1, 0.15) is 34.7 Å². The van der Waals surface area contributed by atoms with Gasteiger partial charge in [-0.2, -0.15) is 0 Å². The second-order valence-corrected chi connectivity index (χ2v) is 5.34. The maximum Gasteiger partial charge on any atom is 0.195 e. The molecule has 0 saturated carbocycles. The molecular weight excluding hydrogens is 292 g/mol. The lowest BCUT2D eigenvalue weighted by molar-refractivity contribution is 0.0748. The second kappa shape index (κ2) is 4.87. The first kappa shape index (κ1) is 14.1. The van der Waals surface area contributed by atoms with Gasteiger partial charge in [-0.05, 0) is 6.08 Å².